The molecule has 0 aromatic heterocycles. The molecule has 1 N–H and O–H groups in total. The van der Waals surface area contributed by atoms with Crippen LogP contribution in [0, 0.1) is 0 Å². The van der Waals surface area contributed by atoms with E-state index >= 15 is 0 Å². The van der Waals surface area contributed by atoms with Crippen LogP contribution in [0.25, 0.3) is 0 Å². The van der Waals surface area contributed by atoms with Crippen molar-refractivity contribution in [3.8, 4) is 0 Å². The highest BCUT2D eigenvalue weighted by atomic mass is 16.3. The van der Waals surface area contributed by atoms with Crippen LogP contribution in [0.2, 0.25) is 0 Å². The molecule has 0 heterocycles. The molecule has 1 atom stereocenters. The van der Waals surface area contributed by atoms with Gasteiger partial charge in [-0.2, -0.15) is 0 Å². The molecule has 0 bridgehead atoms. The van der Waals surface area contributed by atoms with E-state index in [0.29, 0.717) is 0 Å². The highest BCUT2D eigenvalue weighted by Crippen LogP contribution is 2.40. The van der Waals surface area contributed by atoms with Gasteiger partial charge in [-0.25, -0.2) is 0 Å². The van der Waals surface area contributed by atoms with Crippen LogP contribution in [0.3, 0.4) is 0 Å². The third-order valence-electron chi connectivity index (χ3n) is 3.04. The van der Waals surface area contributed by atoms with Crippen molar-refractivity contribution in [1.82, 2.24) is 4.90 Å². The number of likely N-dealkylation sites (N-methyl/N-ethyl adjacent to an activating group) is 1. The lowest BCUT2D eigenvalue weighted by Crippen LogP contribution is -2.49. The summed E-state index contributed by atoms with van der Waals surface area (Å²) in [6, 6.07) is 8.41. The molecule has 1 aliphatic rings. The first-order valence-corrected chi connectivity index (χ1v) is 5.02. The molecule has 0 fully saturated rings. The van der Waals surface area contributed by atoms with E-state index in [1.165, 1.54) is 11.1 Å². The molecule has 1 aromatic carbocycles. The second-order valence-corrected chi connectivity index (χ2v) is 4.51. The monoisotopic (exact) mass is 191 g/mol. The molecule has 1 aromatic rings. The van der Waals surface area contributed by atoms with E-state index < -0.39 is 0 Å². The van der Waals surface area contributed by atoms with Crippen LogP contribution in [-0.2, 0) is 11.8 Å². The first kappa shape index (κ1) is 9.69. The van der Waals surface area contributed by atoms with Gasteiger partial charge in [-0.15, -0.1) is 0 Å². The summed E-state index contributed by atoms with van der Waals surface area (Å²) in [6.07, 6.45) is 1.01. The molecule has 14 heavy (non-hydrogen) atoms. The molecule has 0 saturated carbocycles. The largest absolute Gasteiger partial charge is 0.395 e. The van der Waals surface area contributed by atoms with Crippen LogP contribution in [0.15, 0.2) is 24.3 Å². The van der Waals surface area contributed by atoms with Crippen LogP contribution in [0.5, 0.6) is 0 Å². The Bertz CT molecular complexity index is 335. The summed E-state index contributed by atoms with van der Waals surface area (Å²) in [5, 5.41) is 9.51. The number of aliphatic hydroxyl groups is 1. The van der Waals surface area contributed by atoms with Gasteiger partial charge in [-0.3, -0.25) is 0 Å². The third kappa shape index (κ3) is 1.35. The molecular weight excluding hydrogens is 174 g/mol. The summed E-state index contributed by atoms with van der Waals surface area (Å²) in [6.45, 7) is 1.18. The van der Waals surface area contributed by atoms with E-state index in [4.69, 9.17) is 0 Å². The fraction of sp³-hybridized carbons (Fsp3) is 0.500. The van der Waals surface area contributed by atoms with Crippen LogP contribution in [0.1, 0.15) is 11.1 Å². The van der Waals surface area contributed by atoms with Gasteiger partial charge in [0.15, 0.2) is 0 Å². The maximum Gasteiger partial charge on any atom is 0.0543 e. The van der Waals surface area contributed by atoms with Gasteiger partial charge in [0.2, 0.25) is 0 Å². The Labute approximate surface area is 85.2 Å². The Morgan fingerprint density at radius 1 is 1.36 bits per heavy atom. The van der Waals surface area contributed by atoms with Gasteiger partial charge in [0.25, 0.3) is 0 Å². The van der Waals surface area contributed by atoms with Crippen molar-refractivity contribution in [2.45, 2.75) is 11.8 Å². The Morgan fingerprint density at radius 3 is 2.64 bits per heavy atom. The maximum atomic E-state index is 9.51. The summed E-state index contributed by atoms with van der Waals surface area (Å²) in [5.74, 6) is 0. The fourth-order valence-corrected chi connectivity index (χ4v) is 2.48. The van der Waals surface area contributed by atoms with Crippen LogP contribution < -0.4 is 0 Å². The molecule has 0 amide bonds. The number of hydrogen-bond donors (Lipinski definition) is 1. The summed E-state index contributed by atoms with van der Waals surface area (Å²) in [4.78, 5) is 2.14. The molecule has 0 saturated heterocycles. The summed E-state index contributed by atoms with van der Waals surface area (Å²) >= 11 is 0. The highest BCUT2D eigenvalue weighted by molar-refractivity contribution is 5.45. The van der Waals surface area contributed by atoms with Crippen molar-refractivity contribution in [2.75, 3.05) is 27.2 Å². The van der Waals surface area contributed by atoms with Gasteiger partial charge in [0.1, 0.15) is 0 Å². The van der Waals surface area contributed by atoms with Crippen LogP contribution >= 0.6 is 0 Å². The van der Waals surface area contributed by atoms with Gasteiger partial charge in [-0.05, 0) is 31.6 Å². The number of aliphatic hydroxyl groups excluding tert-OH is 1. The van der Waals surface area contributed by atoms with E-state index in [2.05, 4.69) is 43.3 Å². The van der Waals surface area contributed by atoms with Crippen molar-refractivity contribution in [3.63, 3.8) is 0 Å². The average Bonchev–Trinajstić information content (AvgIpc) is 2.13. The number of fused-ring (bicyclic) bond motifs is 1. The van der Waals surface area contributed by atoms with Gasteiger partial charge in [0.05, 0.1) is 6.61 Å². The lowest BCUT2D eigenvalue weighted by molar-refractivity contribution is 0.138. The fourth-order valence-electron chi connectivity index (χ4n) is 2.48. The predicted molar refractivity (Wildman–Crippen MR) is 57.5 cm³/mol. The molecule has 1 unspecified atom stereocenters. The number of rotatable bonds is 3. The molecule has 1 aliphatic carbocycles. The second-order valence-electron chi connectivity index (χ2n) is 4.51. The van der Waals surface area contributed by atoms with Crippen molar-refractivity contribution < 1.29 is 5.11 Å². The first-order valence-electron chi connectivity index (χ1n) is 5.02. The minimum Gasteiger partial charge on any atom is -0.395 e. The molecule has 0 spiro atoms. The van der Waals surface area contributed by atoms with E-state index in [1.807, 2.05) is 0 Å². The average molecular weight is 191 g/mol. The van der Waals surface area contributed by atoms with E-state index in [0.717, 1.165) is 13.0 Å². The smallest absolute Gasteiger partial charge is 0.0543 e. The quantitative estimate of drug-likeness (QED) is 0.771. The molecule has 2 nitrogen and oxygen atoms in total. The number of nitrogens with zero attached hydrogens (tertiary/aromatic N) is 1. The Morgan fingerprint density at radius 2 is 2.07 bits per heavy atom. The molecular formula is C12H17NO. The van der Waals surface area contributed by atoms with Crippen molar-refractivity contribution in [3.05, 3.63) is 35.4 Å². The highest BCUT2D eigenvalue weighted by Gasteiger charge is 2.41. The molecule has 2 heteroatoms. The van der Waals surface area contributed by atoms with E-state index in [1.54, 1.807) is 0 Å². The SMILES string of the molecule is CN(C)CC1(CO)Cc2ccccc21. The lowest BCUT2D eigenvalue weighted by atomic mass is 9.64. The topological polar surface area (TPSA) is 23.5 Å². The number of hydrogen-bond acceptors (Lipinski definition) is 2. The van der Waals surface area contributed by atoms with Crippen LogP contribution in [0.4, 0.5) is 0 Å². The van der Waals surface area contributed by atoms with Gasteiger partial charge < -0.3 is 10.0 Å². The zero-order chi connectivity index (χ0) is 10.2. The first-order chi connectivity index (χ1) is 6.68. The van der Waals surface area contributed by atoms with Crippen molar-refractivity contribution >= 4 is 0 Å². The minimum atomic E-state index is 0.0000926. The number of benzene rings is 1. The lowest BCUT2D eigenvalue weighted by Gasteiger charge is -2.44. The summed E-state index contributed by atoms with van der Waals surface area (Å²) in [7, 11) is 4.11. The zero-order valence-electron chi connectivity index (χ0n) is 8.83. The third-order valence-corrected chi connectivity index (χ3v) is 3.04. The standard InChI is InChI=1S/C12H17NO/c1-13(2)8-12(9-14)7-10-5-3-4-6-11(10)12/h3-6,14H,7-9H2,1-2H3. The van der Waals surface area contributed by atoms with Crippen LogP contribution in [-0.4, -0.2) is 37.3 Å². The van der Waals surface area contributed by atoms with Gasteiger partial charge in [-0.1, -0.05) is 24.3 Å². The minimum absolute atomic E-state index is 0.0000926. The summed E-state index contributed by atoms with van der Waals surface area (Å²) in [5.41, 5.74) is 2.72. The summed E-state index contributed by atoms with van der Waals surface area (Å²) < 4.78 is 0. The van der Waals surface area contributed by atoms with Gasteiger partial charge in [0, 0.05) is 12.0 Å². The molecule has 76 valence electrons. The normalized spacial score (nSPS) is 24.6. The molecule has 2 rings (SSSR count). The maximum absolute atomic E-state index is 9.51. The van der Waals surface area contributed by atoms with E-state index in [-0.39, 0.29) is 12.0 Å². The molecule has 0 aliphatic heterocycles. The van der Waals surface area contributed by atoms with Crippen molar-refractivity contribution in [1.29, 1.82) is 0 Å². The van der Waals surface area contributed by atoms with Gasteiger partial charge >= 0.3 is 0 Å². The van der Waals surface area contributed by atoms with Crippen molar-refractivity contribution in [2.24, 2.45) is 0 Å². The Hall–Kier alpha value is -0.860. The predicted octanol–water partition coefficient (Wildman–Crippen LogP) is 1.03. The second kappa shape index (κ2) is 3.37. The Balaban J connectivity index is 2.27. The molecule has 0 radical (unpaired) electrons. The van der Waals surface area contributed by atoms with E-state index in [9.17, 15) is 5.11 Å². The Kier molecular flexibility index (Phi) is 2.33. The zero-order valence-corrected chi connectivity index (χ0v) is 8.83.